The first-order valence-corrected chi connectivity index (χ1v) is 10.2. The van der Waals surface area contributed by atoms with Crippen LogP contribution in [-0.2, 0) is 19.1 Å². The number of allylic oxidation sites excluding steroid dienone is 1. The highest BCUT2D eigenvalue weighted by Crippen LogP contribution is 2.41. The van der Waals surface area contributed by atoms with Crippen LogP contribution in [0.15, 0.2) is 40.5 Å². The van der Waals surface area contributed by atoms with Gasteiger partial charge in [0.15, 0.2) is 0 Å². The van der Waals surface area contributed by atoms with Crippen LogP contribution in [0.3, 0.4) is 0 Å². The Balaban J connectivity index is 2.64. The molecule has 1 heterocycles. The Kier molecular flexibility index (Phi) is 7.66. The summed E-state index contributed by atoms with van der Waals surface area (Å²) in [6, 6.07) is 5.89. The van der Waals surface area contributed by atoms with Gasteiger partial charge in [-0.25, -0.2) is 4.79 Å². The molecule has 8 nitrogen and oxygen atoms in total. The second-order valence-electron chi connectivity index (χ2n) is 6.87. The van der Waals surface area contributed by atoms with Crippen LogP contribution in [0.4, 0.5) is 5.69 Å². The summed E-state index contributed by atoms with van der Waals surface area (Å²) in [5.41, 5.74) is 1.39. The number of halogens is 1. The molecule has 156 valence electrons. The van der Waals surface area contributed by atoms with Crippen LogP contribution in [0.25, 0.3) is 0 Å². The molecule has 0 aliphatic carbocycles. The molecule has 2 atom stereocenters. The maximum absolute atomic E-state index is 12.9. The van der Waals surface area contributed by atoms with E-state index < -0.39 is 28.7 Å². The van der Waals surface area contributed by atoms with Crippen molar-refractivity contribution in [2.24, 2.45) is 10.9 Å². The zero-order valence-electron chi connectivity index (χ0n) is 16.7. The Labute approximate surface area is 177 Å². The minimum atomic E-state index is -0.894. The van der Waals surface area contributed by atoms with Crippen molar-refractivity contribution >= 4 is 39.3 Å². The minimum absolute atomic E-state index is 0.135. The van der Waals surface area contributed by atoms with Crippen molar-refractivity contribution in [3.05, 3.63) is 51.2 Å². The largest absolute Gasteiger partial charge is 0.462 e. The zero-order chi connectivity index (χ0) is 21.7. The van der Waals surface area contributed by atoms with Crippen LogP contribution in [0.5, 0.6) is 0 Å². The number of nitrogens with zero attached hydrogens (tertiary/aromatic N) is 2. The number of esters is 2. The first-order chi connectivity index (χ1) is 13.7. The van der Waals surface area contributed by atoms with Crippen molar-refractivity contribution in [2.45, 2.75) is 39.7 Å². The topological polar surface area (TPSA) is 108 Å². The first kappa shape index (κ1) is 22.7. The van der Waals surface area contributed by atoms with Gasteiger partial charge in [0.25, 0.3) is 5.69 Å². The zero-order valence-corrected chi connectivity index (χ0v) is 18.3. The van der Waals surface area contributed by atoms with E-state index in [1.165, 1.54) is 18.2 Å². The van der Waals surface area contributed by atoms with E-state index in [0.29, 0.717) is 22.3 Å². The van der Waals surface area contributed by atoms with E-state index in [-0.39, 0.29) is 24.0 Å². The number of hydrogen-bond donors (Lipinski definition) is 0. The highest BCUT2D eigenvalue weighted by Gasteiger charge is 2.43. The highest BCUT2D eigenvalue weighted by molar-refractivity contribution is 9.09. The predicted octanol–water partition coefficient (Wildman–Crippen LogP) is 3.93. The van der Waals surface area contributed by atoms with E-state index in [1.807, 2.05) is 0 Å². The lowest BCUT2D eigenvalue weighted by Gasteiger charge is -2.32. The predicted molar refractivity (Wildman–Crippen MR) is 111 cm³/mol. The van der Waals surface area contributed by atoms with Gasteiger partial charge >= 0.3 is 11.9 Å². The number of carbonyl (C=O) groups is 2. The van der Waals surface area contributed by atoms with Gasteiger partial charge in [-0.3, -0.25) is 19.9 Å². The maximum Gasteiger partial charge on any atom is 0.336 e. The lowest BCUT2D eigenvalue weighted by atomic mass is 9.75. The van der Waals surface area contributed by atoms with Gasteiger partial charge in [-0.1, -0.05) is 28.1 Å². The van der Waals surface area contributed by atoms with Crippen molar-refractivity contribution < 1.29 is 24.0 Å². The molecule has 9 heteroatoms. The van der Waals surface area contributed by atoms with Gasteiger partial charge in [0.05, 0.1) is 16.6 Å². The van der Waals surface area contributed by atoms with Gasteiger partial charge in [-0.2, -0.15) is 0 Å². The second-order valence-corrected chi connectivity index (χ2v) is 7.66. The fourth-order valence-corrected chi connectivity index (χ4v) is 3.48. The van der Waals surface area contributed by atoms with Crippen LogP contribution < -0.4 is 0 Å². The van der Waals surface area contributed by atoms with Crippen molar-refractivity contribution in [1.29, 1.82) is 0 Å². The molecule has 0 N–H and O–H groups in total. The molecule has 0 saturated carbocycles. The third-order valence-corrected chi connectivity index (χ3v) is 4.73. The summed E-state index contributed by atoms with van der Waals surface area (Å²) in [5, 5.41) is 11.7. The third-order valence-electron chi connectivity index (χ3n) is 4.40. The van der Waals surface area contributed by atoms with E-state index >= 15 is 0 Å². The second kappa shape index (κ2) is 9.78. The van der Waals surface area contributed by atoms with E-state index in [4.69, 9.17) is 9.47 Å². The molecule has 0 fully saturated rings. The average molecular weight is 467 g/mol. The smallest absolute Gasteiger partial charge is 0.336 e. The maximum atomic E-state index is 12.9. The van der Waals surface area contributed by atoms with Crippen molar-refractivity contribution in [1.82, 2.24) is 0 Å². The molecule has 0 amide bonds. The molecule has 1 aromatic rings. The number of non-ortho nitro benzene ring substituents is 1. The van der Waals surface area contributed by atoms with Crippen molar-refractivity contribution in [3.63, 3.8) is 0 Å². The molecule has 1 aliphatic rings. The molecule has 2 rings (SSSR count). The summed E-state index contributed by atoms with van der Waals surface area (Å²) >= 11 is 3.20. The van der Waals surface area contributed by atoms with Crippen LogP contribution in [0.2, 0.25) is 0 Å². The lowest BCUT2D eigenvalue weighted by molar-refractivity contribution is -0.384. The van der Waals surface area contributed by atoms with Gasteiger partial charge in [0.2, 0.25) is 0 Å². The number of rotatable bonds is 7. The highest BCUT2D eigenvalue weighted by atomic mass is 79.9. The fraction of sp³-hybridized carbons (Fsp3) is 0.450. The van der Waals surface area contributed by atoms with Gasteiger partial charge in [-0.05, 0) is 33.3 Å². The Morgan fingerprint density at radius 3 is 2.59 bits per heavy atom. The van der Waals surface area contributed by atoms with Gasteiger partial charge in [0.1, 0.15) is 12.5 Å². The van der Waals surface area contributed by atoms with Crippen LogP contribution in [0.1, 0.15) is 39.2 Å². The summed E-state index contributed by atoms with van der Waals surface area (Å²) in [4.78, 5) is 40.8. The molecule has 1 aliphatic heterocycles. The number of aliphatic imine (C=N–C) groups is 1. The van der Waals surface area contributed by atoms with Gasteiger partial charge < -0.3 is 9.47 Å². The molecule has 2 unspecified atom stereocenters. The molecular formula is C20H23BrN2O6. The molecular weight excluding hydrogens is 444 g/mol. The Hall–Kier alpha value is -2.55. The minimum Gasteiger partial charge on any atom is -0.462 e. The number of alkyl halides is 1. The first-order valence-electron chi connectivity index (χ1n) is 9.11. The Morgan fingerprint density at radius 2 is 2.00 bits per heavy atom. The number of ether oxygens (including phenoxy) is 2. The van der Waals surface area contributed by atoms with Crippen LogP contribution >= 0.6 is 15.9 Å². The quantitative estimate of drug-likeness (QED) is 0.260. The van der Waals surface area contributed by atoms with E-state index in [2.05, 4.69) is 20.9 Å². The number of nitro benzene ring substituents is 1. The van der Waals surface area contributed by atoms with Gasteiger partial charge in [-0.15, -0.1) is 0 Å². The lowest BCUT2D eigenvalue weighted by Crippen LogP contribution is -2.37. The molecule has 0 spiro atoms. The summed E-state index contributed by atoms with van der Waals surface area (Å²) in [5.74, 6) is -2.86. The SMILES string of the molecule is CC1=NC(C)=C(C(=O)OCCBr)C(c2cccc([N+](=O)[O-])c2)C1C(=O)OC(C)C. The standard InChI is InChI=1S/C20H23BrN2O6/c1-11(2)29-20(25)17-13(4)22-12(3)16(19(24)28-9-8-21)18(17)14-6-5-7-15(10-14)23(26)27/h5-7,10-11,17-18H,8-9H2,1-4H3. The summed E-state index contributed by atoms with van der Waals surface area (Å²) in [6.07, 6.45) is -0.364. The van der Waals surface area contributed by atoms with Crippen molar-refractivity contribution in [2.75, 3.05) is 11.9 Å². The van der Waals surface area contributed by atoms with Crippen LogP contribution in [-0.4, -0.2) is 40.6 Å². The van der Waals surface area contributed by atoms with Crippen LogP contribution in [0, 0.1) is 16.0 Å². The number of benzene rings is 1. The average Bonchev–Trinajstić information content (AvgIpc) is 2.64. The summed E-state index contributed by atoms with van der Waals surface area (Å²) in [6.45, 7) is 6.92. The fourth-order valence-electron chi connectivity index (χ4n) is 3.31. The molecule has 29 heavy (non-hydrogen) atoms. The molecule has 0 saturated heterocycles. The Morgan fingerprint density at radius 1 is 1.31 bits per heavy atom. The summed E-state index contributed by atoms with van der Waals surface area (Å²) < 4.78 is 10.7. The van der Waals surface area contributed by atoms with Gasteiger partial charge in [0, 0.05) is 34.8 Å². The van der Waals surface area contributed by atoms with Crippen molar-refractivity contribution in [3.8, 4) is 0 Å². The molecule has 0 bridgehead atoms. The number of nitro groups is 1. The normalized spacial score (nSPS) is 19.0. The Bertz CT molecular complexity index is 877. The van der Waals surface area contributed by atoms with E-state index in [0.717, 1.165) is 0 Å². The third kappa shape index (κ3) is 5.29. The molecule has 0 aromatic heterocycles. The number of hydrogen-bond acceptors (Lipinski definition) is 7. The van der Waals surface area contributed by atoms with E-state index in [1.54, 1.807) is 33.8 Å². The summed E-state index contributed by atoms with van der Waals surface area (Å²) in [7, 11) is 0. The number of carbonyl (C=O) groups excluding carboxylic acids is 2. The monoisotopic (exact) mass is 466 g/mol. The van der Waals surface area contributed by atoms with E-state index in [9.17, 15) is 19.7 Å². The molecule has 1 aromatic carbocycles. The molecule has 0 radical (unpaired) electrons.